The van der Waals surface area contributed by atoms with Crippen molar-refractivity contribution in [2.45, 2.75) is 38.8 Å². The fraction of sp³-hybridized carbons (Fsp3) is 0.438. The number of nitrogens with one attached hydrogen (secondary N) is 2. The second-order valence-electron chi connectivity index (χ2n) is 5.50. The van der Waals surface area contributed by atoms with Crippen LogP contribution in [0.15, 0.2) is 29.4 Å². The first-order chi connectivity index (χ1) is 11.9. The number of carbonyl (C=O) groups excluding carboxylic acids is 3. The molecule has 9 heteroatoms. The lowest BCUT2D eigenvalue weighted by Gasteiger charge is -2.14. The van der Waals surface area contributed by atoms with Crippen LogP contribution in [0.1, 0.15) is 42.1 Å². The van der Waals surface area contributed by atoms with Gasteiger partial charge in [0.15, 0.2) is 0 Å². The van der Waals surface area contributed by atoms with E-state index in [0.29, 0.717) is 31.4 Å². The maximum Gasteiger partial charge on any atom is 0.251 e. The van der Waals surface area contributed by atoms with Gasteiger partial charge in [0, 0.05) is 23.9 Å². The van der Waals surface area contributed by atoms with Crippen molar-refractivity contribution < 1.29 is 14.4 Å². The Balaban J connectivity index is 2.38. The van der Waals surface area contributed by atoms with E-state index in [1.54, 1.807) is 24.3 Å². The predicted octanol–water partition coefficient (Wildman–Crippen LogP) is 1.39. The topological polar surface area (TPSA) is 150 Å². The van der Waals surface area contributed by atoms with E-state index in [2.05, 4.69) is 20.7 Å². The van der Waals surface area contributed by atoms with Crippen LogP contribution in [-0.2, 0) is 16.1 Å². The lowest BCUT2D eigenvalue weighted by atomic mass is 10.1. The monoisotopic (exact) mass is 346 g/mol. The molecule has 1 atom stereocenters. The highest BCUT2D eigenvalue weighted by Gasteiger charge is 2.15. The lowest BCUT2D eigenvalue weighted by Crippen LogP contribution is -2.43. The number of azide groups is 1. The van der Waals surface area contributed by atoms with E-state index in [1.807, 2.05) is 0 Å². The fourth-order valence-corrected chi connectivity index (χ4v) is 2.23. The Morgan fingerprint density at radius 2 is 2.08 bits per heavy atom. The highest BCUT2D eigenvalue weighted by molar-refractivity contribution is 5.94. The molecule has 0 aliphatic rings. The summed E-state index contributed by atoms with van der Waals surface area (Å²) >= 11 is 0. The van der Waals surface area contributed by atoms with Crippen LogP contribution in [-0.4, -0.2) is 30.3 Å². The van der Waals surface area contributed by atoms with Crippen LogP contribution in [0.5, 0.6) is 0 Å². The van der Waals surface area contributed by atoms with Gasteiger partial charge in [-0.1, -0.05) is 17.2 Å². The third kappa shape index (κ3) is 7.85. The first kappa shape index (κ1) is 20.0. The molecule has 0 radical (unpaired) electrons. The zero-order valence-corrected chi connectivity index (χ0v) is 14.1. The largest absolute Gasteiger partial charge is 0.368 e. The quantitative estimate of drug-likeness (QED) is 0.254. The standard InChI is InChI=1S/C16H22N6O3/c1-11(23)21-14(15(17)24)7-2-3-8-19-16(25)13-6-4-5-12(9-13)10-20-22-18/h4-6,9,14H,2-3,7-8,10H2,1H3,(H2,17,24)(H,19,25)(H,21,23)/t14-/m0/s1. The van der Waals surface area contributed by atoms with Crippen molar-refractivity contribution in [3.8, 4) is 0 Å². The highest BCUT2D eigenvalue weighted by atomic mass is 16.2. The van der Waals surface area contributed by atoms with E-state index in [1.165, 1.54) is 6.92 Å². The van der Waals surface area contributed by atoms with Crippen molar-refractivity contribution in [2.75, 3.05) is 6.54 Å². The van der Waals surface area contributed by atoms with E-state index >= 15 is 0 Å². The molecule has 0 aliphatic carbocycles. The molecule has 0 unspecified atom stereocenters. The molecular formula is C16H22N6O3. The number of rotatable bonds is 10. The van der Waals surface area contributed by atoms with Gasteiger partial charge in [0.05, 0.1) is 6.54 Å². The molecule has 1 aromatic carbocycles. The second-order valence-corrected chi connectivity index (χ2v) is 5.50. The molecule has 9 nitrogen and oxygen atoms in total. The lowest BCUT2D eigenvalue weighted by molar-refractivity contribution is -0.126. The van der Waals surface area contributed by atoms with Crippen molar-refractivity contribution in [1.82, 2.24) is 10.6 Å². The van der Waals surface area contributed by atoms with Crippen molar-refractivity contribution in [3.05, 3.63) is 45.8 Å². The molecule has 0 saturated heterocycles. The van der Waals surface area contributed by atoms with Gasteiger partial charge in [-0.25, -0.2) is 0 Å². The number of nitrogens with zero attached hydrogens (tertiary/aromatic N) is 3. The smallest absolute Gasteiger partial charge is 0.251 e. The Morgan fingerprint density at radius 3 is 2.72 bits per heavy atom. The minimum absolute atomic E-state index is 0.190. The molecule has 1 rings (SSSR count). The normalized spacial score (nSPS) is 11.1. The van der Waals surface area contributed by atoms with Gasteiger partial charge in [0.1, 0.15) is 6.04 Å². The number of benzene rings is 1. The third-order valence-electron chi connectivity index (χ3n) is 3.43. The Labute approximate surface area is 145 Å². The van der Waals surface area contributed by atoms with Crippen LogP contribution in [0.2, 0.25) is 0 Å². The third-order valence-corrected chi connectivity index (χ3v) is 3.43. The van der Waals surface area contributed by atoms with Gasteiger partial charge in [-0.2, -0.15) is 0 Å². The van der Waals surface area contributed by atoms with E-state index in [-0.39, 0.29) is 18.4 Å². The molecular weight excluding hydrogens is 324 g/mol. The summed E-state index contributed by atoms with van der Waals surface area (Å²) in [6, 6.07) is 6.16. The molecule has 1 aromatic rings. The molecule has 0 fully saturated rings. The van der Waals surface area contributed by atoms with Crippen molar-refractivity contribution in [1.29, 1.82) is 0 Å². The summed E-state index contributed by atoms with van der Waals surface area (Å²) in [5.41, 5.74) is 14.8. The van der Waals surface area contributed by atoms with E-state index in [4.69, 9.17) is 11.3 Å². The average molecular weight is 346 g/mol. The number of hydrogen-bond donors (Lipinski definition) is 3. The van der Waals surface area contributed by atoms with E-state index in [9.17, 15) is 14.4 Å². The molecule has 0 aromatic heterocycles. The Hall–Kier alpha value is -3.06. The SMILES string of the molecule is CC(=O)N[C@@H](CCCCNC(=O)c1cccc(CN=[N+]=[N-])c1)C(N)=O. The van der Waals surface area contributed by atoms with Gasteiger partial charge >= 0.3 is 0 Å². The first-order valence-electron chi connectivity index (χ1n) is 7.88. The number of unbranched alkanes of at least 4 members (excludes halogenated alkanes) is 1. The van der Waals surface area contributed by atoms with Crippen molar-refractivity contribution in [3.63, 3.8) is 0 Å². The van der Waals surface area contributed by atoms with Crippen LogP contribution in [0.3, 0.4) is 0 Å². The molecule has 0 heterocycles. The Bertz CT molecular complexity index is 670. The molecule has 25 heavy (non-hydrogen) atoms. The molecule has 0 saturated carbocycles. The van der Waals surface area contributed by atoms with Gasteiger partial charge < -0.3 is 16.4 Å². The second kappa shape index (κ2) is 10.7. The number of hydrogen-bond acceptors (Lipinski definition) is 4. The predicted molar refractivity (Wildman–Crippen MR) is 92.3 cm³/mol. The number of primary amides is 1. The van der Waals surface area contributed by atoms with Gasteiger partial charge in [0.2, 0.25) is 11.8 Å². The zero-order chi connectivity index (χ0) is 18.7. The number of amides is 3. The summed E-state index contributed by atoms with van der Waals surface area (Å²) in [4.78, 5) is 37.0. The van der Waals surface area contributed by atoms with Gasteiger partial charge in [0.25, 0.3) is 5.91 Å². The number of carbonyl (C=O) groups is 3. The van der Waals surface area contributed by atoms with E-state index < -0.39 is 11.9 Å². The van der Waals surface area contributed by atoms with Gasteiger partial charge in [-0.3, -0.25) is 14.4 Å². The van der Waals surface area contributed by atoms with E-state index in [0.717, 1.165) is 5.56 Å². The van der Waals surface area contributed by atoms with Crippen LogP contribution < -0.4 is 16.4 Å². The summed E-state index contributed by atoms with van der Waals surface area (Å²) in [6.07, 6.45) is 1.70. The van der Waals surface area contributed by atoms with Gasteiger partial charge in [-0.15, -0.1) is 0 Å². The van der Waals surface area contributed by atoms with Crippen LogP contribution >= 0.6 is 0 Å². The van der Waals surface area contributed by atoms with Crippen LogP contribution in [0.4, 0.5) is 0 Å². The Morgan fingerprint density at radius 1 is 1.32 bits per heavy atom. The average Bonchev–Trinajstić information content (AvgIpc) is 2.58. The summed E-state index contributed by atoms with van der Waals surface area (Å²) in [5, 5.41) is 8.73. The molecule has 0 aliphatic heterocycles. The highest BCUT2D eigenvalue weighted by Crippen LogP contribution is 2.07. The van der Waals surface area contributed by atoms with Crippen molar-refractivity contribution >= 4 is 17.7 Å². The maximum atomic E-state index is 12.1. The first-order valence-corrected chi connectivity index (χ1v) is 7.88. The summed E-state index contributed by atoms with van der Waals surface area (Å²) in [5.74, 6) is -1.11. The molecule has 3 amide bonds. The Kier molecular flexibility index (Phi) is 8.53. The maximum absolute atomic E-state index is 12.1. The minimum Gasteiger partial charge on any atom is -0.368 e. The zero-order valence-electron chi connectivity index (χ0n) is 14.1. The fourth-order valence-electron chi connectivity index (χ4n) is 2.23. The van der Waals surface area contributed by atoms with Crippen molar-refractivity contribution in [2.24, 2.45) is 10.8 Å². The summed E-state index contributed by atoms with van der Waals surface area (Å²) < 4.78 is 0. The van der Waals surface area contributed by atoms with Crippen LogP contribution in [0.25, 0.3) is 10.4 Å². The summed E-state index contributed by atoms with van der Waals surface area (Å²) in [7, 11) is 0. The summed E-state index contributed by atoms with van der Waals surface area (Å²) in [6.45, 7) is 1.95. The minimum atomic E-state index is -0.689. The molecule has 4 N–H and O–H groups in total. The molecule has 134 valence electrons. The van der Waals surface area contributed by atoms with Gasteiger partial charge in [-0.05, 0) is 42.5 Å². The number of nitrogens with two attached hydrogens (primary N) is 1. The van der Waals surface area contributed by atoms with Crippen LogP contribution in [0, 0.1) is 0 Å². The molecule has 0 bridgehead atoms. The molecule has 0 spiro atoms.